The van der Waals surface area contributed by atoms with Crippen molar-refractivity contribution in [2.24, 2.45) is 28.6 Å². The first-order valence-corrected chi connectivity index (χ1v) is 11.6. The maximum absolute atomic E-state index is 12.5. The normalized spacial score (nSPS) is 38.7. The summed E-state index contributed by atoms with van der Waals surface area (Å²) in [6, 6.07) is 4.13. The summed E-state index contributed by atoms with van der Waals surface area (Å²) < 4.78 is 0. The van der Waals surface area contributed by atoms with Crippen LogP contribution < -0.4 is 0 Å². The minimum absolute atomic E-state index is 0.142. The Morgan fingerprint density at radius 3 is 2.76 bits per heavy atom. The molecule has 1 aromatic heterocycles. The molecule has 4 heteroatoms. The van der Waals surface area contributed by atoms with Crippen LogP contribution in [0, 0.1) is 28.6 Å². The molecule has 3 aliphatic carbocycles. The van der Waals surface area contributed by atoms with E-state index >= 15 is 0 Å². The van der Waals surface area contributed by atoms with Crippen LogP contribution in [0.4, 0.5) is 0 Å². The first-order valence-electron chi connectivity index (χ1n) is 11.2. The van der Waals surface area contributed by atoms with E-state index in [2.05, 4.69) is 48.9 Å². The Balaban J connectivity index is 1.50. The lowest BCUT2D eigenvalue weighted by molar-refractivity contribution is -0.136. The van der Waals surface area contributed by atoms with Crippen LogP contribution in [0.3, 0.4) is 0 Å². The minimum atomic E-state index is 0.142. The fourth-order valence-electron chi connectivity index (χ4n) is 7.36. The van der Waals surface area contributed by atoms with E-state index in [4.69, 9.17) is 11.6 Å². The number of carbonyl (C=O) groups is 1. The molecule has 1 aromatic rings. The summed E-state index contributed by atoms with van der Waals surface area (Å²) in [5, 5.41) is 0.630. The number of nitrogens with zero attached hydrogens (tertiary/aromatic N) is 2. The van der Waals surface area contributed by atoms with Crippen molar-refractivity contribution in [2.75, 3.05) is 6.54 Å². The van der Waals surface area contributed by atoms with Crippen molar-refractivity contribution >= 4 is 23.1 Å². The van der Waals surface area contributed by atoms with Crippen molar-refractivity contribution in [3.63, 3.8) is 0 Å². The van der Waals surface area contributed by atoms with Crippen LogP contribution >= 0.6 is 11.6 Å². The van der Waals surface area contributed by atoms with Crippen molar-refractivity contribution in [2.45, 2.75) is 59.3 Å². The van der Waals surface area contributed by atoms with E-state index in [1.54, 1.807) is 6.20 Å². The van der Waals surface area contributed by atoms with Crippen LogP contribution in [0.25, 0.3) is 5.57 Å². The molecule has 0 aromatic carbocycles. The van der Waals surface area contributed by atoms with Gasteiger partial charge in [-0.1, -0.05) is 43.7 Å². The topological polar surface area (TPSA) is 33.2 Å². The van der Waals surface area contributed by atoms with E-state index in [0.717, 1.165) is 31.4 Å². The standard InChI is InChI=1S/C25H31ClN2O/c1-4-28-21-10-7-16-18-8-9-19(17-6-5-15-27-23(17)26)24(18,2)13-11-20(16)25(21,3)14-12-22(28)29/h5-6,9-10,15-16,18,20H,4,7-8,11-14H2,1-3H3/t16-,18-,20-,24-,25+/m0/s1. The predicted octanol–water partition coefficient (Wildman–Crippen LogP) is 6.11. The summed E-state index contributed by atoms with van der Waals surface area (Å²) in [6.07, 6.45) is 13.0. The van der Waals surface area contributed by atoms with Crippen LogP contribution in [-0.4, -0.2) is 22.3 Å². The number of rotatable bonds is 2. The number of likely N-dealkylation sites (tertiary alicyclic amines) is 1. The summed E-state index contributed by atoms with van der Waals surface area (Å²) in [5.74, 6) is 2.31. The van der Waals surface area contributed by atoms with Gasteiger partial charge in [0.05, 0.1) is 0 Å². The van der Waals surface area contributed by atoms with E-state index < -0.39 is 0 Å². The minimum Gasteiger partial charge on any atom is -0.316 e. The van der Waals surface area contributed by atoms with E-state index in [-0.39, 0.29) is 10.8 Å². The van der Waals surface area contributed by atoms with E-state index in [1.807, 2.05) is 6.07 Å². The predicted molar refractivity (Wildman–Crippen MR) is 117 cm³/mol. The zero-order valence-electron chi connectivity index (χ0n) is 17.7. The van der Waals surface area contributed by atoms with Gasteiger partial charge in [-0.2, -0.15) is 0 Å². The quantitative estimate of drug-likeness (QED) is 0.551. The highest BCUT2D eigenvalue weighted by Crippen LogP contribution is 2.66. The average molecular weight is 411 g/mol. The third kappa shape index (κ3) is 2.62. The SMILES string of the molecule is CCN1C(=O)CC[C@@]2(C)C1=CC[C@@H]1[C@@H]2CC[C@]2(C)C(c3cccnc3Cl)=CC[C@@H]12. The highest BCUT2D eigenvalue weighted by atomic mass is 35.5. The number of pyridine rings is 1. The summed E-state index contributed by atoms with van der Waals surface area (Å²) in [6.45, 7) is 7.80. The molecular weight excluding hydrogens is 380 g/mol. The Labute approximate surface area is 179 Å². The number of hydrogen-bond acceptors (Lipinski definition) is 2. The van der Waals surface area contributed by atoms with Crippen molar-refractivity contribution < 1.29 is 4.79 Å². The Kier molecular flexibility index (Phi) is 4.47. The van der Waals surface area contributed by atoms with Crippen LogP contribution in [0.1, 0.15) is 64.9 Å². The molecule has 1 saturated heterocycles. The van der Waals surface area contributed by atoms with Gasteiger partial charge in [0.25, 0.3) is 0 Å². The maximum Gasteiger partial charge on any atom is 0.226 e. The lowest BCUT2D eigenvalue weighted by Crippen LogP contribution is -2.54. The molecule has 1 amide bonds. The molecule has 2 heterocycles. The number of amides is 1. The Morgan fingerprint density at radius 2 is 2.00 bits per heavy atom. The van der Waals surface area contributed by atoms with Crippen molar-refractivity contribution in [1.82, 2.24) is 9.88 Å². The number of piperidine rings is 1. The molecule has 3 nitrogen and oxygen atoms in total. The number of fused-ring (bicyclic) bond motifs is 5. The molecule has 4 aliphatic rings. The molecule has 154 valence electrons. The molecular formula is C25H31ClN2O. The van der Waals surface area contributed by atoms with Crippen LogP contribution in [0.5, 0.6) is 0 Å². The van der Waals surface area contributed by atoms with Gasteiger partial charge in [-0.25, -0.2) is 4.98 Å². The molecule has 0 N–H and O–H groups in total. The first-order chi connectivity index (χ1) is 13.9. The Hall–Kier alpha value is -1.61. The average Bonchev–Trinajstić information content (AvgIpc) is 3.06. The lowest BCUT2D eigenvalue weighted by Gasteiger charge is -2.58. The highest BCUT2D eigenvalue weighted by Gasteiger charge is 2.58. The zero-order valence-corrected chi connectivity index (χ0v) is 18.5. The number of halogens is 1. The lowest BCUT2D eigenvalue weighted by atomic mass is 9.49. The fourth-order valence-corrected chi connectivity index (χ4v) is 7.59. The number of aromatic nitrogens is 1. The number of allylic oxidation sites excluding steroid dienone is 4. The highest BCUT2D eigenvalue weighted by molar-refractivity contribution is 6.31. The second kappa shape index (κ2) is 6.70. The van der Waals surface area contributed by atoms with Gasteiger partial charge in [0.2, 0.25) is 5.91 Å². The molecule has 5 atom stereocenters. The van der Waals surface area contributed by atoms with E-state index in [9.17, 15) is 4.79 Å². The van der Waals surface area contributed by atoms with Crippen LogP contribution in [-0.2, 0) is 4.79 Å². The third-order valence-electron chi connectivity index (χ3n) is 8.82. The molecule has 2 fully saturated rings. The third-order valence-corrected chi connectivity index (χ3v) is 9.12. The molecule has 0 unspecified atom stereocenters. The number of hydrogen-bond donors (Lipinski definition) is 0. The van der Waals surface area contributed by atoms with Crippen LogP contribution in [0.15, 0.2) is 36.2 Å². The van der Waals surface area contributed by atoms with E-state index in [1.165, 1.54) is 24.1 Å². The monoisotopic (exact) mass is 410 g/mol. The molecule has 0 radical (unpaired) electrons. The van der Waals surface area contributed by atoms with Gasteiger partial charge in [-0.3, -0.25) is 4.79 Å². The van der Waals surface area contributed by atoms with Gasteiger partial charge in [0, 0.05) is 35.8 Å². The Bertz CT molecular complexity index is 921. The molecule has 0 spiro atoms. The van der Waals surface area contributed by atoms with Crippen molar-refractivity contribution in [3.8, 4) is 0 Å². The summed E-state index contributed by atoms with van der Waals surface area (Å²) in [5.41, 5.74) is 4.17. The molecule has 1 aliphatic heterocycles. The van der Waals surface area contributed by atoms with Gasteiger partial charge in [-0.05, 0) is 73.8 Å². The summed E-state index contributed by atoms with van der Waals surface area (Å²) in [4.78, 5) is 18.9. The van der Waals surface area contributed by atoms with Crippen molar-refractivity contribution in [3.05, 3.63) is 46.9 Å². The van der Waals surface area contributed by atoms with Gasteiger partial charge >= 0.3 is 0 Å². The van der Waals surface area contributed by atoms with Crippen molar-refractivity contribution in [1.29, 1.82) is 0 Å². The van der Waals surface area contributed by atoms with Gasteiger partial charge in [0.15, 0.2) is 0 Å². The largest absolute Gasteiger partial charge is 0.316 e. The second-order valence-electron chi connectivity index (χ2n) is 9.91. The molecule has 29 heavy (non-hydrogen) atoms. The first kappa shape index (κ1) is 19.4. The fraction of sp³-hybridized carbons (Fsp3) is 0.600. The molecule has 5 rings (SSSR count). The molecule has 0 bridgehead atoms. The molecule has 1 saturated carbocycles. The maximum atomic E-state index is 12.5. The van der Waals surface area contributed by atoms with Gasteiger partial charge in [-0.15, -0.1) is 0 Å². The second-order valence-corrected chi connectivity index (χ2v) is 10.3. The Morgan fingerprint density at radius 1 is 1.17 bits per heavy atom. The number of carbonyl (C=O) groups excluding carboxylic acids is 1. The van der Waals surface area contributed by atoms with Gasteiger partial charge < -0.3 is 4.90 Å². The summed E-state index contributed by atoms with van der Waals surface area (Å²) >= 11 is 6.49. The zero-order chi connectivity index (χ0) is 20.4. The summed E-state index contributed by atoms with van der Waals surface area (Å²) in [7, 11) is 0. The van der Waals surface area contributed by atoms with Gasteiger partial charge in [0.1, 0.15) is 5.15 Å². The van der Waals surface area contributed by atoms with Crippen LogP contribution in [0.2, 0.25) is 5.15 Å². The smallest absolute Gasteiger partial charge is 0.226 e. The van der Waals surface area contributed by atoms with E-state index in [0.29, 0.717) is 35.2 Å².